The Kier molecular flexibility index (Phi) is 7.42. The molecule has 2 aromatic rings. The Hall–Kier alpha value is -1.64. The largest absolute Gasteiger partial charge is 0.372 e. The van der Waals surface area contributed by atoms with Gasteiger partial charge in [0.2, 0.25) is 15.9 Å². The standard InChI is InChI=1S/C21H24Cl2N2O4S/c1-15-11-24(12-16(2)29-15)21(26)14-25(13-17-6-4-3-5-7-17)30(27,28)20-10-18(22)8-9-19(20)23/h3-10,15-16H,11-14H2,1-2H3/t15-,16+. The van der Waals surface area contributed by atoms with Crippen LogP contribution in [0.2, 0.25) is 10.0 Å². The van der Waals surface area contributed by atoms with Crippen molar-refractivity contribution < 1.29 is 17.9 Å². The highest BCUT2D eigenvalue weighted by atomic mass is 35.5. The highest BCUT2D eigenvalue weighted by Gasteiger charge is 2.32. The van der Waals surface area contributed by atoms with E-state index in [4.69, 9.17) is 27.9 Å². The van der Waals surface area contributed by atoms with Crippen LogP contribution in [0, 0.1) is 0 Å². The monoisotopic (exact) mass is 470 g/mol. The number of amides is 1. The van der Waals surface area contributed by atoms with Gasteiger partial charge in [-0.25, -0.2) is 8.42 Å². The molecule has 162 valence electrons. The zero-order chi connectivity index (χ0) is 21.9. The van der Waals surface area contributed by atoms with Gasteiger partial charge in [-0.1, -0.05) is 53.5 Å². The second kappa shape index (κ2) is 9.66. The van der Waals surface area contributed by atoms with Crippen molar-refractivity contribution in [3.8, 4) is 0 Å². The molecular weight excluding hydrogens is 447 g/mol. The maximum absolute atomic E-state index is 13.4. The van der Waals surface area contributed by atoms with Gasteiger partial charge in [-0.05, 0) is 37.6 Å². The molecular formula is C21H24Cl2N2O4S. The average Bonchev–Trinajstić information content (AvgIpc) is 2.69. The lowest BCUT2D eigenvalue weighted by molar-refractivity contribution is -0.143. The topological polar surface area (TPSA) is 66.9 Å². The highest BCUT2D eigenvalue weighted by Crippen LogP contribution is 2.29. The third-order valence-corrected chi connectivity index (χ3v) is 7.31. The molecule has 1 heterocycles. The lowest BCUT2D eigenvalue weighted by Crippen LogP contribution is -2.51. The Balaban J connectivity index is 1.92. The quantitative estimate of drug-likeness (QED) is 0.643. The normalized spacial score (nSPS) is 19.8. The summed E-state index contributed by atoms with van der Waals surface area (Å²) in [5.41, 5.74) is 0.760. The minimum Gasteiger partial charge on any atom is -0.372 e. The van der Waals surface area contributed by atoms with Gasteiger partial charge < -0.3 is 9.64 Å². The summed E-state index contributed by atoms with van der Waals surface area (Å²) in [6.45, 7) is 4.34. The van der Waals surface area contributed by atoms with Crippen LogP contribution in [0.5, 0.6) is 0 Å². The zero-order valence-electron chi connectivity index (χ0n) is 16.8. The van der Waals surface area contributed by atoms with Crippen LogP contribution in [-0.4, -0.2) is 55.4 Å². The number of hydrogen-bond acceptors (Lipinski definition) is 4. The van der Waals surface area contributed by atoms with E-state index in [1.54, 1.807) is 4.90 Å². The first-order valence-electron chi connectivity index (χ1n) is 9.59. The summed E-state index contributed by atoms with van der Waals surface area (Å²) < 4.78 is 33.7. The molecule has 1 aliphatic rings. The second-order valence-corrected chi connectivity index (χ2v) is 10.1. The van der Waals surface area contributed by atoms with Crippen molar-refractivity contribution in [3.05, 3.63) is 64.1 Å². The molecule has 3 rings (SSSR count). The Morgan fingerprint density at radius 2 is 1.73 bits per heavy atom. The number of halogens is 2. The summed E-state index contributed by atoms with van der Waals surface area (Å²) in [5, 5.41) is 0.304. The predicted octanol–water partition coefficient (Wildman–Crippen LogP) is 3.82. The lowest BCUT2D eigenvalue weighted by Gasteiger charge is -2.36. The van der Waals surface area contributed by atoms with Crippen molar-refractivity contribution in [2.24, 2.45) is 0 Å². The van der Waals surface area contributed by atoms with Crippen molar-refractivity contribution in [3.63, 3.8) is 0 Å². The summed E-state index contributed by atoms with van der Waals surface area (Å²) in [6.07, 6.45) is -0.224. The van der Waals surface area contributed by atoms with E-state index in [2.05, 4.69) is 0 Å². The third-order valence-electron chi connectivity index (χ3n) is 4.80. The van der Waals surface area contributed by atoms with Gasteiger partial charge in [0.15, 0.2) is 0 Å². The fourth-order valence-corrected chi connectivity index (χ4v) is 5.57. The fraction of sp³-hybridized carbons (Fsp3) is 0.381. The summed E-state index contributed by atoms with van der Waals surface area (Å²) in [6, 6.07) is 13.4. The molecule has 30 heavy (non-hydrogen) atoms. The molecule has 0 saturated carbocycles. The van der Waals surface area contributed by atoms with Gasteiger partial charge in [0.1, 0.15) is 4.90 Å². The molecule has 0 aromatic heterocycles. The van der Waals surface area contributed by atoms with Crippen LogP contribution < -0.4 is 0 Å². The molecule has 0 bridgehead atoms. The molecule has 0 unspecified atom stereocenters. The van der Waals surface area contributed by atoms with Crippen molar-refractivity contribution in [1.29, 1.82) is 0 Å². The first kappa shape index (κ1) is 23.0. The minimum absolute atomic E-state index is 0.0349. The van der Waals surface area contributed by atoms with Crippen molar-refractivity contribution >= 4 is 39.1 Å². The molecule has 6 nitrogen and oxygen atoms in total. The maximum atomic E-state index is 13.4. The van der Waals surface area contributed by atoms with E-state index < -0.39 is 10.0 Å². The number of sulfonamides is 1. The number of ether oxygens (including phenoxy) is 1. The molecule has 2 atom stereocenters. The summed E-state index contributed by atoms with van der Waals surface area (Å²) in [4.78, 5) is 14.5. The Morgan fingerprint density at radius 1 is 1.10 bits per heavy atom. The highest BCUT2D eigenvalue weighted by molar-refractivity contribution is 7.89. The SMILES string of the molecule is C[C@@H]1CN(C(=O)CN(Cc2ccccc2)S(=O)(=O)c2cc(Cl)ccc2Cl)C[C@H](C)O1. The van der Waals surface area contributed by atoms with Crippen LogP contribution in [0.15, 0.2) is 53.4 Å². The Bertz CT molecular complexity index is 991. The maximum Gasteiger partial charge on any atom is 0.245 e. The van der Waals surface area contributed by atoms with Crippen molar-refractivity contribution in [2.75, 3.05) is 19.6 Å². The van der Waals surface area contributed by atoms with E-state index >= 15 is 0 Å². The predicted molar refractivity (Wildman–Crippen MR) is 117 cm³/mol. The molecule has 0 N–H and O–H groups in total. The van der Waals surface area contributed by atoms with E-state index in [1.807, 2.05) is 44.2 Å². The van der Waals surface area contributed by atoms with Gasteiger partial charge in [-0.3, -0.25) is 4.79 Å². The van der Waals surface area contributed by atoms with Crippen LogP contribution in [0.1, 0.15) is 19.4 Å². The number of benzene rings is 2. The van der Waals surface area contributed by atoms with E-state index in [9.17, 15) is 13.2 Å². The molecule has 1 aliphatic heterocycles. The molecule has 2 aromatic carbocycles. The van der Waals surface area contributed by atoms with Gasteiger partial charge in [0.05, 0.1) is 23.8 Å². The van der Waals surface area contributed by atoms with Crippen LogP contribution >= 0.6 is 23.2 Å². The third kappa shape index (κ3) is 5.53. The van der Waals surface area contributed by atoms with Crippen molar-refractivity contribution in [2.45, 2.75) is 37.5 Å². The van der Waals surface area contributed by atoms with E-state index in [0.29, 0.717) is 13.1 Å². The van der Waals surface area contributed by atoms with Crippen LogP contribution in [0.4, 0.5) is 0 Å². The average molecular weight is 471 g/mol. The number of carbonyl (C=O) groups excluding carboxylic acids is 1. The molecule has 0 radical (unpaired) electrons. The summed E-state index contributed by atoms with van der Waals surface area (Å²) >= 11 is 12.2. The van der Waals surface area contributed by atoms with Crippen LogP contribution in [0.25, 0.3) is 0 Å². The summed E-state index contributed by atoms with van der Waals surface area (Å²) in [7, 11) is -4.08. The Labute approximate surface area is 187 Å². The van der Waals surface area contributed by atoms with Gasteiger partial charge in [-0.2, -0.15) is 4.31 Å². The molecule has 1 saturated heterocycles. The zero-order valence-corrected chi connectivity index (χ0v) is 19.1. The summed E-state index contributed by atoms with van der Waals surface area (Å²) in [5.74, 6) is -0.283. The molecule has 1 amide bonds. The molecule has 1 fully saturated rings. The fourth-order valence-electron chi connectivity index (χ4n) is 3.46. The lowest BCUT2D eigenvalue weighted by atomic mass is 10.2. The van der Waals surface area contributed by atoms with Gasteiger partial charge in [0, 0.05) is 24.7 Å². The van der Waals surface area contributed by atoms with Gasteiger partial charge in [0.25, 0.3) is 0 Å². The molecule has 9 heteroatoms. The van der Waals surface area contributed by atoms with Crippen LogP contribution in [-0.2, 0) is 26.1 Å². The first-order chi connectivity index (χ1) is 14.2. The first-order valence-corrected chi connectivity index (χ1v) is 11.8. The number of hydrogen-bond donors (Lipinski definition) is 0. The van der Waals surface area contributed by atoms with Gasteiger partial charge >= 0.3 is 0 Å². The van der Waals surface area contributed by atoms with Crippen molar-refractivity contribution in [1.82, 2.24) is 9.21 Å². The number of carbonyl (C=O) groups is 1. The molecule has 0 aliphatic carbocycles. The minimum atomic E-state index is -4.08. The van der Waals surface area contributed by atoms with Crippen LogP contribution in [0.3, 0.4) is 0 Å². The van der Waals surface area contributed by atoms with E-state index in [0.717, 1.165) is 9.87 Å². The number of morpholine rings is 1. The Morgan fingerprint density at radius 3 is 2.37 bits per heavy atom. The van der Waals surface area contributed by atoms with Gasteiger partial charge in [-0.15, -0.1) is 0 Å². The van der Waals surface area contributed by atoms with E-state index in [-0.39, 0.29) is 46.1 Å². The number of rotatable bonds is 6. The smallest absolute Gasteiger partial charge is 0.245 e. The number of nitrogens with zero attached hydrogens (tertiary/aromatic N) is 2. The second-order valence-electron chi connectivity index (χ2n) is 7.39. The van der Waals surface area contributed by atoms with E-state index in [1.165, 1.54) is 18.2 Å². The molecule has 0 spiro atoms.